The van der Waals surface area contributed by atoms with Crippen LogP contribution in [0.3, 0.4) is 0 Å². The molecule has 0 bridgehead atoms. The third-order valence-electron chi connectivity index (χ3n) is 13.9. The van der Waals surface area contributed by atoms with Gasteiger partial charge in [-0.3, -0.25) is 4.99 Å². The highest BCUT2D eigenvalue weighted by Crippen LogP contribution is 2.64. The molecule has 1 spiro atoms. The lowest BCUT2D eigenvalue weighted by Gasteiger charge is -2.48. The fourth-order valence-corrected chi connectivity index (χ4v) is 10.8. The van der Waals surface area contributed by atoms with E-state index in [0.717, 1.165) is 35.2 Å². The van der Waals surface area contributed by atoms with Crippen molar-refractivity contribution >= 4 is 28.8 Å². The van der Waals surface area contributed by atoms with Crippen LogP contribution in [0.5, 0.6) is 0 Å². The van der Waals surface area contributed by atoms with Crippen LogP contribution in [0.25, 0.3) is 39.1 Å². The molecule has 0 saturated carbocycles. The number of hydrogen-bond donors (Lipinski definition) is 1. The van der Waals surface area contributed by atoms with Gasteiger partial charge < -0.3 is 5.41 Å². The number of nitrogens with zero attached hydrogens (tertiary/aromatic N) is 1. The Balaban J connectivity index is 1.08. The molecule has 2 nitrogen and oxygen atoms in total. The lowest BCUT2D eigenvalue weighted by molar-refractivity contribution is 0.550. The van der Waals surface area contributed by atoms with E-state index in [2.05, 4.69) is 178 Å². The Morgan fingerprint density at radius 1 is 0.484 bits per heavy atom. The van der Waals surface area contributed by atoms with Crippen LogP contribution in [0.4, 0.5) is 0 Å². The minimum absolute atomic E-state index is 0.169. The van der Waals surface area contributed by atoms with Gasteiger partial charge in [0.25, 0.3) is 0 Å². The average molecular weight is 821 g/mol. The zero-order valence-corrected chi connectivity index (χ0v) is 36.2. The Labute approximate surface area is 376 Å². The van der Waals surface area contributed by atoms with E-state index in [1.54, 1.807) is 0 Å². The first-order valence-corrected chi connectivity index (χ1v) is 22.4. The Kier molecular flexibility index (Phi) is 9.74. The Bertz CT molecular complexity index is 3170. The van der Waals surface area contributed by atoms with Crippen LogP contribution in [0.15, 0.2) is 229 Å². The molecule has 0 fully saturated rings. The molecule has 0 saturated heterocycles. The summed E-state index contributed by atoms with van der Waals surface area (Å²) in [6, 6.07) is 74.0. The molecular formula is C62H48N2. The third kappa shape index (κ3) is 6.48. The van der Waals surface area contributed by atoms with Crippen molar-refractivity contribution < 1.29 is 0 Å². The molecule has 8 aromatic carbocycles. The second-order valence-corrected chi connectivity index (χ2v) is 17.8. The van der Waals surface area contributed by atoms with Gasteiger partial charge >= 0.3 is 0 Å². The standard InChI is InChI=1S/C62H48N2/c1-61(2)53-27-12-14-29-55(53)62(56-30-15-13-28-54(56)61)52-37-36-49(44-34-32-43(33-35-44)48-25-16-24-47(38-48)42-18-6-3-7-19-42)39-51(52)60-50(26-17-31-57(60)62)41-64-59(46-22-10-5-11-23-46)40-58(63)45-20-8-4-9-21-45/h3-35,38-41,63H,36-37H2,1-2H3/b59-40-,63-58?,64-41?. The first kappa shape index (κ1) is 39.2. The maximum absolute atomic E-state index is 9.08. The van der Waals surface area contributed by atoms with Gasteiger partial charge in [-0.1, -0.05) is 220 Å². The van der Waals surface area contributed by atoms with Gasteiger partial charge in [0.1, 0.15) is 0 Å². The highest BCUT2D eigenvalue weighted by Gasteiger charge is 2.54. The number of allylic oxidation sites excluding steroid dienone is 5. The topological polar surface area (TPSA) is 36.2 Å². The molecule has 8 aromatic rings. The predicted molar refractivity (Wildman–Crippen MR) is 268 cm³/mol. The molecule has 3 aliphatic carbocycles. The first-order chi connectivity index (χ1) is 31.4. The summed E-state index contributed by atoms with van der Waals surface area (Å²) in [5.41, 5.74) is 21.7. The normalized spacial score (nSPS) is 15.6. The van der Waals surface area contributed by atoms with Crippen molar-refractivity contribution in [3.8, 4) is 22.3 Å². The van der Waals surface area contributed by atoms with E-state index >= 15 is 0 Å². The van der Waals surface area contributed by atoms with Gasteiger partial charge in [-0.05, 0) is 108 Å². The van der Waals surface area contributed by atoms with Crippen LogP contribution in [0.2, 0.25) is 0 Å². The highest BCUT2D eigenvalue weighted by molar-refractivity contribution is 6.11. The minimum Gasteiger partial charge on any atom is -0.300 e. The first-order valence-electron chi connectivity index (χ1n) is 22.4. The fourth-order valence-electron chi connectivity index (χ4n) is 10.8. The summed E-state index contributed by atoms with van der Waals surface area (Å²) in [6.07, 6.45) is 8.31. The monoisotopic (exact) mass is 820 g/mol. The smallest absolute Gasteiger partial charge is 0.0723 e. The predicted octanol–water partition coefficient (Wildman–Crippen LogP) is 15.2. The number of nitrogens with one attached hydrogen (secondary N) is 1. The largest absolute Gasteiger partial charge is 0.300 e. The molecule has 1 N–H and O–H groups in total. The molecule has 11 rings (SSSR count). The van der Waals surface area contributed by atoms with Crippen molar-refractivity contribution in [2.24, 2.45) is 4.99 Å². The summed E-state index contributed by atoms with van der Waals surface area (Å²) in [5, 5.41) is 9.08. The Morgan fingerprint density at radius 2 is 0.984 bits per heavy atom. The van der Waals surface area contributed by atoms with Crippen LogP contribution < -0.4 is 0 Å². The van der Waals surface area contributed by atoms with E-state index in [-0.39, 0.29) is 5.41 Å². The summed E-state index contributed by atoms with van der Waals surface area (Å²) in [6.45, 7) is 4.77. The van der Waals surface area contributed by atoms with Crippen molar-refractivity contribution in [1.82, 2.24) is 0 Å². The second-order valence-electron chi connectivity index (χ2n) is 17.8. The SMILES string of the molecule is CC1(C)c2ccccc2C2(C3=C(C=C(c4ccc(-c5cccc(-c6ccccc6)c5)cc4)CC3)c3c(C=N/C(=C\C(=N)c4ccccc4)c4ccccc4)cccc32)c2ccccc21. The number of rotatable bonds is 8. The number of benzene rings is 8. The molecule has 0 amide bonds. The van der Waals surface area contributed by atoms with Gasteiger partial charge in [-0.25, -0.2) is 0 Å². The Morgan fingerprint density at radius 3 is 1.62 bits per heavy atom. The molecule has 306 valence electrons. The van der Waals surface area contributed by atoms with Crippen LogP contribution in [0, 0.1) is 5.41 Å². The van der Waals surface area contributed by atoms with E-state index in [4.69, 9.17) is 10.4 Å². The molecule has 0 unspecified atom stereocenters. The summed E-state index contributed by atoms with van der Waals surface area (Å²) < 4.78 is 0. The minimum atomic E-state index is -0.458. The quantitative estimate of drug-likeness (QED) is 0.148. The molecule has 64 heavy (non-hydrogen) atoms. The summed E-state index contributed by atoms with van der Waals surface area (Å²) in [5.74, 6) is 0. The molecular weight excluding hydrogens is 773 g/mol. The van der Waals surface area contributed by atoms with Gasteiger partial charge in [0.05, 0.1) is 16.8 Å². The molecule has 0 atom stereocenters. The maximum Gasteiger partial charge on any atom is 0.0723 e. The van der Waals surface area contributed by atoms with Crippen molar-refractivity contribution in [2.45, 2.75) is 37.5 Å². The molecule has 2 heteroatoms. The number of aliphatic imine (C=N–C) groups is 1. The number of fused-ring (bicyclic) bond motifs is 8. The summed E-state index contributed by atoms with van der Waals surface area (Å²) >= 11 is 0. The van der Waals surface area contributed by atoms with Crippen molar-refractivity contribution in [3.63, 3.8) is 0 Å². The number of hydrogen-bond acceptors (Lipinski definition) is 2. The molecule has 0 aliphatic heterocycles. The molecule has 0 heterocycles. The van der Waals surface area contributed by atoms with E-state index in [9.17, 15) is 0 Å². The lowest BCUT2D eigenvalue weighted by Crippen LogP contribution is -2.41. The lowest BCUT2D eigenvalue weighted by atomic mass is 9.54. The van der Waals surface area contributed by atoms with Crippen LogP contribution >= 0.6 is 0 Å². The van der Waals surface area contributed by atoms with Gasteiger partial charge in [-0.15, -0.1) is 0 Å². The van der Waals surface area contributed by atoms with Crippen LogP contribution in [-0.2, 0) is 10.8 Å². The summed E-state index contributed by atoms with van der Waals surface area (Å²) in [4.78, 5) is 5.28. The summed E-state index contributed by atoms with van der Waals surface area (Å²) in [7, 11) is 0. The van der Waals surface area contributed by atoms with Gasteiger partial charge in [0, 0.05) is 22.8 Å². The van der Waals surface area contributed by atoms with Crippen molar-refractivity contribution in [1.29, 1.82) is 5.41 Å². The van der Waals surface area contributed by atoms with Gasteiger partial charge in [0.15, 0.2) is 0 Å². The van der Waals surface area contributed by atoms with Gasteiger partial charge in [0.2, 0.25) is 0 Å². The van der Waals surface area contributed by atoms with E-state index in [1.165, 1.54) is 77.9 Å². The van der Waals surface area contributed by atoms with E-state index in [1.807, 2.05) is 60.8 Å². The van der Waals surface area contributed by atoms with E-state index < -0.39 is 5.41 Å². The molecule has 0 aromatic heterocycles. The highest BCUT2D eigenvalue weighted by atomic mass is 14.7. The van der Waals surface area contributed by atoms with E-state index in [0.29, 0.717) is 5.71 Å². The van der Waals surface area contributed by atoms with Crippen LogP contribution in [-0.4, -0.2) is 11.9 Å². The van der Waals surface area contributed by atoms with Gasteiger partial charge in [-0.2, -0.15) is 0 Å². The van der Waals surface area contributed by atoms with Crippen LogP contribution in [0.1, 0.15) is 82.3 Å². The average Bonchev–Trinajstić information content (AvgIpc) is 3.66. The van der Waals surface area contributed by atoms with Crippen molar-refractivity contribution in [3.05, 3.63) is 280 Å². The fraction of sp³-hybridized carbons (Fsp3) is 0.0968. The molecule has 3 aliphatic rings. The Hall–Kier alpha value is -7.68. The maximum atomic E-state index is 9.08. The molecule has 0 radical (unpaired) electrons. The zero-order chi connectivity index (χ0) is 43.3. The third-order valence-corrected chi connectivity index (χ3v) is 13.9. The second kappa shape index (κ2) is 15.9. The van der Waals surface area contributed by atoms with Crippen molar-refractivity contribution in [2.75, 3.05) is 0 Å². The zero-order valence-electron chi connectivity index (χ0n) is 36.2.